The fourth-order valence-electron chi connectivity index (χ4n) is 4.38. The lowest BCUT2D eigenvalue weighted by molar-refractivity contribution is 0.0136. The topological polar surface area (TPSA) is 105 Å². The molecule has 1 aliphatic carbocycles. The number of aldehydes is 1. The van der Waals surface area contributed by atoms with E-state index in [4.69, 9.17) is 9.47 Å². The van der Waals surface area contributed by atoms with E-state index >= 15 is 0 Å². The Morgan fingerprint density at radius 2 is 1.68 bits per heavy atom. The maximum Gasteiger partial charge on any atom is 0.407 e. The molecule has 0 heterocycles. The van der Waals surface area contributed by atoms with Crippen LogP contribution in [0.25, 0.3) is 11.1 Å². The van der Waals surface area contributed by atoms with Gasteiger partial charge in [0.05, 0.1) is 18.8 Å². The molecule has 2 atom stereocenters. The van der Waals surface area contributed by atoms with Crippen LogP contribution in [0.3, 0.4) is 0 Å². The SMILES string of the molecule is COc1ccc(C(O)C(O)CCNC(=O)OCC2c3ccccc3-c3ccccc32)cc1C=O. The van der Waals surface area contributed by atoms with Gasteiger partial charge in [-0.1, -0.05) is 54.6 Å². The third-order valence-corrected chi connectivity index (χ3v) is 6.14. The third kappa shape index (κ3) is 4.81. The number of benzene rings is 3. The molecule has 0 bridgehead atoms. The second-order valence-corrected chi connectivity index (χ2v) is 8.17. The molecule has 2 unspecified atom stereocenters. The van der Waals surface area contributed by atoms with Gasteiger partial charge in [-0.2, -0.15) is 0 Å². The van der Waals surface area contributed by atoms with Crippen molar-refractivity contribution in [3.05, 3.63) is 89.0 Å². The Labute approximate surface area is 198 Å². The Kier molecular flexibility index (Phi) is 7.25. The quantitative estimate of drug-likeness (QED) is 0.419. The summed E-state index contributed by atoms with van der Waals surface area (Å²) in [4.78, 5) is 23.5. The van der Waals surface area contributed by atoms with E-state index in [1.54, 1.807) is 12.1 Å². The minimum absolute atomic E-state index is 0.0346. The van der Waals surface area contributed by atoms with Crippen LogP contribution in [0, 0.1) is 0 Å². The number of hydrogen-bond acceptors (Lipinski definition) is 6. The van der Waals surface area contributed by atoms with Crippen LogP contribution in [0.5, 0.6) is 5.75 Å². The molecule has 3 N–H and O–H groups in total. The van der Waals surface area contributed by atoms with Crippen molar-refractivity contribution in [2.45, 2.75) is 24.5 Å². The molecule has 0 fully saturated rings. The molecular formula is C27H27NO6. The van der Waals surface area contributed by atoms with Gasteiger partial charge in [-0.15, -0.1) is 0 Å². The summed E-state index contributed by atoms with van der Waals surface area (Å²) in [6, 6.07) is 20.8. The fourth-order valence-corrected chi connectivity index (χ4v) is 4.38. The monoisotopic (exact) mass is 461 g/mol. The number of ether oxygens (including phenoxy) is 2. The molecule has 7 heteroatoms. The highest BCUT2D eigenvalue weighted by Crippen LogP contribution is 2.44. The van der Waals surface area contributed by atoms with Gasteiger partial charge in [0.1, 0.15) is 18.5 Å². The summed E-state index contributed by atoms with van der Waals surface area (Å²) in [6.07, 6.45) is -2.21. The van der Waals surface area contributed by atoms with Gasteiger partial charge >= 0.3 is 6.09 Å². The average Bonchev–Trinajstić information content (AvgIpc) is 3.20. The van der Waals surface area contributed by atoms with Crippen molar-refractivity contribution in [1.82, 2.24) is 5.32 Å². The second-order valence-electron chi connectivity index (χ2n) is 8.17. The van der Waals surface area contributed by atoms with E-state index in [0.29, 0.717) is 17.6 Å². The number of fused-ring (bicyclic) bond motifs is 3. The van der Waals surface area contributed by atoms with Crippen molar-refractivity contribution in [3.63, 3.8) is 0 Å². The number of rotatable bonds is 9. The normalized spacial score (nSPS) is 14.0. The summed E-state index contributed by atoms with van der Waals surface area (Å²) in [7, 11) is 1.45. The lowest BCUT2D eigenvalue weighted by atomic mass is 9.98. The average molecular weight is 462 g/mol. The molecule has 0 spiro atoms. The van der Waals surface area contributed by atoms with Gasteiger partial charge in [0, 0.05) is 12.5 Å². The minimum Gasteiger partial charge on any atom is -0.496 e. The number of carbonyl (C=O) groups is 2. The van der Waals surface area contributed by atoms with Gasteiger partial charge in [-0.05, 0) is 46.4 Å². The molecule has 34 heavy (non-hydrogen) atoms. The summed E-state index contributed by atoms with van der Waals surface area (Å²) in [5.74, 6) is 0.352. The van der Waals surface area contributed by atoms with E-state index in [-0.39, 0.29) is 31.1 Å². The summed E-state index contributed by atoms with van der Waals surface area (Å²) >= 11 is 0. The maximum atomic E-state index is 12.3. The lowest BCUT2D eigenvalue weighted by Crippen LogP contribution is -2.30. The molecule has 0 aliphatic heterocycles. The molecule has 3 aromatic carbocycles. The summed E-state index contributed by atoms with van der Waals surface area (Å²) in [6.45, 7) is 0.316. The lowest BCUT2D eigenvalue weighted by Gasteiger charge is -2.19. The Morgan fingerprint density at radius 1 is 1.03 bits per heavy atom. The highest BCUT2D eigenvalue weighted by atomic mass is 16.5. The molecule has 1 amide bonds. The smallest absolute Gasteiger partial charge is 0.407 e. The standard InChI is InChI=1S/C27H27NO6/c1-33-25-11-10-17(14-18(25)15-29)26(31)24(30)12-13-28-27(32)34-16-23-21-8-4-2-6-19(21)20-7-3-5-9-22(20)23/h2-11,14-15,23-24,26,30-31H,12-13,16H2,1H3,(H,28,32). The van der Waals surface area contributed by atoms with Crippen LogP contribution in [0.4, 0.5) is 4.79 Å². The highest BCUT2D eigenvalue weighted by molar-refractivity contribution is 5.80. The van der Waals surface area contributed by atoms with Crippen LogP contribution < -0.4 is 10.1 Å². The van der Waals surface area contributed by atoms with Gasteiger partial charge in [0.15, 0.2) is 6.29 Å². The van der Waals surface area contributed by atoms with Gasteiger partial charge in [-0.3, -0.25) is 4.79 Å². The van der Waals surface area contributed by atoms with E-state index < -0.39 is 18.3 Å². The van der Waals surface area contributed by atoms with Gasteiger partial charge in [-0.25, -0.2) is 4.79 Å². The number of alkyl carbamates (subject to hydrolysis) is 1. The fraction of sp³-hybridized carbons (Fsp3) is 0.259. The van der Waals surface area contributed by atoms with Gasteiger partial charge in [0.25, 0.3) is 0 Å². The van der Waals surface area contributed by atoms with Crippen LogP contribution in [-0.4, -0.2) is 49.0 Å². The van der Waals surface area contributed by atoms with Crippen molar-refractivity contribution in [3.8, 4) is 16.9 Å². The van der Waals surface area contributed by atoms with E-state index in [9.17, 15) is 19.8 Å². The first kappa shape index (κ1) is 23.5. The number of amides is 1. The minimum atomic E-state index is -1.21. The first-order chi connectivity index (χ1) is 16.5. The first-order valence-electron chi connectivity index (χ1n) is 11.1. The van der Waals surface area contributed by atoms with Crippen molar-refractivity contribution in [1.29, 1.82) is 0 Å². The summed E-state index contributed by atoms with van der Waals surface area (Å²) in [5, 5.41) is 23.4. The number of aliphatic hydroxyl groups excluding tert-OH is 2. The Balaban J connectivity index is 1.28. The molecule has 176 valence electrons. The number of carbonyl (C=O) groups excluding carboxylic acids is 2. The number of aliphatic hydroxyl groups is 2. The van der Waals surface area contributed by atoms with Crippen molar-refractivity contribution < 1.29 is 29.3 Å². The van der Waals surface area contributed by atoms with E-state index in [1.165, 1.54) is 13.2 Å². The van der Waals surface area contributed by atoms with Gasteiger partial charge < -0.3 is 25.0 Å². The predicted octanol–water partition coefficient (Wildman–Crippen LogP) is 3.83. The van der Waals surface area contributed by atoms with Crippen molar-refractivity contribution in [2.24, 2.45) is 0 Å². The molecule has 0 saturated carbocycles. The summed E-state index contributed by atoms with van der Waals surface area (Å²) in [5.41, 5.74) is 5.23. The Hall–Kier alpha value is -3.68. The molecule has 1 aliphatic rings. The van der Waals surface area contributed by atoms with E-state index in [2.05, 4.69) is 17.4 Å². The van der Waals surface area contributed by atoms with Crippen LogP contribution in [0.15, 0.2) is 66.7 Å². The molecule has 0 aromatic heterocycles. The molecule has 0 radical (unpaired) electrons. The van der Waals surface area contributed by atoms with Crippen LogP contribution in [-0.2, 0) is 4.74 Å². The first-order valence-corrected chi connectivity index (χ1v) is 11.1. The summed E-state index contributed by atoms with van der Waals surface area (Å²) < 4.78 is 10.6. The molecule has 0 saturated heterocycles. The Morgan fingerprint density at radius 3 is 2.29 bits per heavy atom. The zero-order chi connectivity index (χ0) is 24.1. The molecule has 3 aromatic rings. The largest absolute Gasteiger partial charge is 0.496 e. The Bertz CT molecular complexity index is 1130. The highest BCUT2D eigenvalue weighted by Gasteiger charge is 2.29. The zero-order valence-corrected chi connectivity index (χ0v) is 18.8. The predicted molar refractivity (Wildman–Crippen MR) is 127 cm³/mol. The van der Waals surface area contributed by atoms with Crippen molar-refractivity contribution >= 4 is 12.4 Å². The van der Waals surface area contributed by atoms with Crippen LogP contribution >= 0.6 is 0 Å². The molecule has 4 rings (SSSR count). The van der Waals surface area contributed by atoms with E-state index in [1.807, 2.05) is 36.4 Å². The van der Waals surface area contributed by atoms with Crippen LogP contribution in [0.2, 0.25) is 0 Å². The zero-order valence-electron chi connectivity index (χ0n) is 18.8. The van der Waals surface area contributed by atoms with Crippen molar-refractivity contribution in [2.75, 3.05) is 20.3 Å². The van der Waals surface area contributed by atoms with Gasteiger partial charge in [0.2, 0.25) is 0 Å². The number of methoxy groups -OCH3 is 1. The molecule has 7 nitrogen and oxygen atoms in total. The van der Waals surface area contributed by atoms with E-state index in [0.717, 1.165) is 22.3 Å². The van der Waals surface area contributed by atoms with Crippen LogP contribution in [0.1, 0.15) is 45.5 Å². The number of hydrogen-bond donors (Lipinski definition) is 3. The molecular weight excluding hydrogens is 434 g/mol. The third-order valence-electron chi connectivity index (χ3n) is 6.14. The number of nitrogens with one attached hydrogen (secondary N) is 1. The second kappa shape index (κ2) is 10.5. The maximum absolute atomic E-state index is 12.3.